The minimum Gasteiger partial charge on any atom is -0.497 e. The molecule has 5 nitrogen and oxygen atoms in total. The molecule has 1 amide bonds. The molecule has 0 radical (unpaired) electrons. The maximum atomic E-state index is 13.8. The van der Waals surface area contributed by atoms with E-state index >= 15 is 0 Å². The van der Waals surface area contributed by atoms with E-state index < -0.39 is 11.7 Å². The van der Waals surface area contributed by atoms with Crippen LogP contribution < -0.4 is 10.1 Å². The molecule has 24 heavy (non-hydrogen) atoms. The number of halogens is 2. The molecule has 0 aliphatic heterocycles. The summed E-state index contributed by atoms with van der Waals surface area (Å²) < 4.78 is 19.6. The van der Waals surface area contributed by atoms with Gasteiger partial charge in [0.1, 0.15) is 17.3 Å². The fourth-order valence-corrected chi connectivity index (χ4v) is 2.48. The third-order valence-electron chi connectivity index (χ3n) is 3.37. The van der Waals surface area contributed by atoms with Gasteiger partial charge in [-0.05, 0) is 36.4 Å². The van der Waals surface area contributed by atoms with Crippen LogP contribution in [0.1, 0.15) is 10.5 Å². The zero-order valence-corrected chi connectivity index (χ0v) is 14.2. The summed E-state index contributed by atoms with van der Waals surface area (Å²) in [6.07, 6.45) is 0. The lowest BCUT2D eigenvalue weighted by Crippen LogP contribution is -2.13. The second kappa shape index (κ2) is 6.84. The highest BCUT2D eigenvalue weighted by molar-refractivity contribution is 9.10. The van der Waals surface area contributed by atoms with Crippen molar-refractivity contribution in [2.45, 2.75) is 0 Å². The number of rotatable bonds is 4. The lowest BCUT2D eigenvalue weighted by Gasteiger charge is -2.05. The molecule has 0 saturated heterocycles. The number of nitrogens with one attached hydrogen (secondary N) is 2. The second-order valence-electron chi connectivity index (χ2n) is 4.98. The predicted molar refractivity (Wildman–Crippen MR) is 92.6 cm³/mol. The van der Waals surface area contributed by atoms with E-state index in [1.807, 2.05) is 24.3 Å². The zero-order chi connectivity index (χ0) is 17.1. The van der Waals surface area contributed by atoms with E-state index in [1.54, 1.807) is 19.2 Å². The minimum absolute atomic E-state index is 0.0979. The molecule has 0 saturated carbocycles. The molecule has 2 aromatic carbocycles. The Hall–Kier alpha value is -2.67. The van der Waals surface area contributed by atoms with Crippen LogP contribution in [0.4, 0.5) is 10.1 Å². The Labute approximate surface area is 146 Å². The van der Waals surface area contributed by atoms with E-state index in [-0.39, 0.29) is 11.4 Å². The first-order valence-corrected chi connectivity index (χ1v) is 7.82. The molecular weight excluding hydrogens is 377 g/mol. The van der Waals surface area contributed by atoms with Crippen molar-refractivity contribution in [3.63, 3.8) is 0 Å². The number of ether oxygens (including phenoxy) is 1. The van der Waals surface area contributed by atoms with Crippen molar-refractivity contribution in [2.24, 2.45) is 0 Å². The molecule has 2 N–H and O–H groups in total. The maximum absolute atomic E-state index is 13.8. The Morgan fingerprint density at radius 2 is 2.08 bits per heavy atom. The minimum atomic E-state index is -0.523. The molecule has 0 fully saturated rings. The van der Waals surface area contributed by atoms with Crippen LogP contribution in [-0.4, -0.2) is 23.2 Å². The first-order valence-electron chi connectivity index (χ1n) is 7.03. The molecule has 122 valence electrons. The number of H-pyrrole nitrogens is 1. The topological polar surface area (TPSA) is 67.0 Å². The zero-order valence-electron chi connectivity index (χ0n) is 12.6. The van der Waals surface area contributed by atoms with Crippen molar-refractivity contribution >= 4 is 27.5 Å². The standard InChI is InChI=1S/C17H13BrFN3O2/c1-24-12-4-2-3-10(7-12)15-9-16(22-21-15)17(23)20-14-6-5-11(18)8-13(14)19/h2-9H,1H3,(H,20,23)(H,21,22). The molecule has 1 heterocycles. The van der Waals surface area contributed by atoms with Crippen LogP contribution >= 0.6 is 15.9 Å². The summed E-state index contributed by atoms with van der Waals surface area (Å²) in [6, 6.07) is 13.3. The number of carbonyl (C=O) groups excluding carboxylic acids is 1. The molecule has 3 rings (SSSR count). The Morgan fingerprint density at radius 3 is 2.83 bits per heavy atom. The summed E-state index contributed by atoms with van der Waals surface area (Å²) in [5.41, 5.74) is 1.73. The van der Waals surface area contributed by atoms with Gasteiger partial charge in [-0.2, -0.15) is 5.10 Å². The summed E-state index contributed by atoms with van der Waals surface area (Å²) in [5, 5.41) is 9.29. The summed E-state index contributed by atoms with van der Waals surface area (Å²) in [5.74, 6) is -0.304. The van der Waals surface area contributed by atoms with Crippen molar-refractivity contribution < 1.29 is 13.9 Å². The molecule has 7 heteroatoms. The number of hydrogen-bond acceptors (Lipinski definition) is 3. The maximum Gasteiger partial charge on any atom is 0.273 e. The number of anilines is 1. The number of amides is 1. The fraction of sp³-hybridized carbons (Fsp3) is 0.0588. The molecule has 0 aliphatic rings. The summed E-state index contributed by atoms with van der Waals surface area (Å²) >= 11 is 3.17. The highest BCUT2D eigenvalue weighted by atomic mass is 79.9. The van der Waals surface area contributed by atoms with Crippen LogP contribution in [-0.2, 0) is 0 Å². The number of methoxy groups -OCH3 is 1. The van der Waals surface area contributed by atoms with Gasteiger partial charge in [0.2, 0.25) is 0 Å². The number of carbonyl (C=O) groups is 1. The smallest absolute Gasteiger partial charge is 0.273 e. The Kier molecular flexibility index (Phi) is 4.61. The molecule has 1 aromatic heterocycles. The van der Waals surface area contributed by atoms with Crippen molar-refractivity contribution in [3.8, 4) is 17.0 Å². The third kappa shape index (κ3) is 3.46. The van der Waals surface area contributed by atoms with Crippen LogP contribution in [0.25, 0.3) is 11.3 Å². The van der Waals surface area contributed by atoms with Crippen LogP contribution in [0.15, 0.2) is 53.0 Å². The molecule has 0 unspecified atom stereocenters. The number of benzene rings is 2. The quantitative estimate of drug-likeness (QED) is 0.701. The lowest BCUT2D eigenvalue weighted by atomic mass is 10.1. The van der Waals surface area contributed by atoms with E-state index in [4.69, 9.17) is 4.74 Å². The van der Waals surface area contributed by atoms with Crippen molar-refractivity contribution in [3.05, 3.63) is 64.5 Å². The van der Waals surface area contributed by atoms with Gasteiger partial charge < -0.3 is 10.1 Å². The van der Waals surface area contributed by atoms with E-state index in [0.29, 0.717) is 15.9 Å². The predicted octanol–water partition coefficient (Wildman–Crippen LogP) is 4.24. The van der Waals surface area contributed by atoms with E-state index in [2.05, 4.69) is 31.4 Å². The van der Waals surface area contributed by atoms with Gasteiger partial charge in [-0.3, -0.25) is 9.89 Å². The average Bonchev–Trinajstić information content (AvgIpc) is 3.07. The molecule has 0 spiro atoms. The average molecular weight is 390 g/mol. The van der Waals surface area contributed by atoms with E-state index in [0.717, 1.165) is 5.56 Å². The van der Waals surface area contributed by atoms with Gasteiger partial charge in [-0.15, -0.1) is 0 Å². The van der Waals surface area contributed by atoms with Gasteiger partial charge >= 0.3 is 0 Å². The van der Waals surface area contributed by atoms with Gasteiger partial charge in [0.25, 0.3) is 5.91 Å². The number of aromatic amines is 1. The van der Waals surface area contributed by atoms with E-state index in [9.17, 15) is 9.18 Å². The van der Waals surface area contributed by atoms with Crippen LogP contribution in [0.5, 0.6) is 5.75 Å². The monoisotopic (exact) mass is 389 g/mol. The number of nitrogens with zero attached hydrogens (tertiary/aromatic N) is 1. The van der Waals surface area contributed by atoms with Crippen molar-refractivity contribution in [1.82, 2.24) is 10.2 Å². The number of hydrogen-bond donors (Lipinski definition) is 2. The molecular formula is C17H13BrFN3O2. The first-order chi connectivity index (χ1) is 11.6. The lowest BCUT2D eigenvalue weighted by molar-refractivity contribution is 0.102. The molecule has 3 aromatic rings. The highest BCUT2D eigenvalue weighted by Gasteiger charge is 2.13. The van der Waals surface area contributed by atoms with Gasteiger partial charge in [-0.25, -0.2) is 4.39 Å². The second-order valence-corrected chi connectivity index (χ2v) is 5.89. The fourth-order valence-electron chi connectivity index (χ4n) is 2.15. The first kappa shape index (κ1) is 16.2. The molecule has 0 atom stereocenters. The van der Waals surface area contributed by atoms with Crippen LogP contribution in [0.3, 0.4) is 0 Å². The van der Waals surface area contributed by atoms with Gasteiger partial charge in [0, 0.05) is 10.0 Å². The Balaban J connectivity index is 1.80. The van der Waals surface area contributed by atoms with Crippen molar-refractivity contribution in [1.29, 1.82) is 0 Å². The highest BCUT2D eigenvalue weighted by Crippen LogP contribution is 2.23. The van der Waals surface area contributed by atoms with Crippen LogP contribution in [0.2, 0.25) is 0 Å². The van der Waals surface area contributed by atoms with Gasteiger partial charge in [0.05, 0.1) is 18.5 Å². The largest absolute Gasteiger partial charge is 0.497 e. The van der Waals surface area contributed by atoms with Crippen molar-refractivity contribution in [2.75, 3.05) is 12.4 Å². The van der Waals surface area contributed by atoms with E-state index in [1.165, 1.54) is 12.1 Å². The molecule has 0 aliphatic carbocycles. The Morgan fingerprint density at radius 1 is 1.25 bits per heavy atom. The van der Waals surface area contributed by atoms with Gasteiger partial charge in [-0.1, -0.05) is 28.1 Å². The molecule has 0 bridgehead atoms. The summed E-state index contributed by atoms with van der Waals surface area (Å²) in [4.78, 5) is 12.2. The summed E-state index contributed by atoms with van der Waals surface area (Å²) in [7, 11) is 1.58. The normalized spacial score (nSPS) is 10.5. The van der Waals surface area contributed by atoms with Gasteiger partial charge in [0.15, 0.2) is 0 Å². The van der Waals surface area contributed by atoms with Crippen LogP contribution in [0, 0.1) is 5.82 Å². The Bertz CT molecular complexity index is 895. The SMILES string of the molecule is COc1cccc(-c2cc(C(=O)Nc3ccc(Br)cc3F)[nH]n2)c1. The number of aromatic nitrogens is 2. The summed E-state index contributed by atoms with van der Waals surface area (Å²) in [6.45, 7) is 0. The third-order valence-corrected chi connectivity index (χ3v) is 3.86.